The minimum Gasteiger partial charge on any atom is -0.336 e. The molecule has 1 aromatic heterocycles. The molecular weight excluding hydrogens is 324 g/mol. The van der Waals surface area contributed by atoms with E-state index >= 15 is 0 Å². The molecule has 1 fully saturated rings. The summed E-state index contributed by atoms with van der Waals surface area (Å²) in [6.45, 7) is 16.0. The summed E-state index contributed by atoms with van der Waals surface area (Å²) in [5.41, 5.74) is 5.96. The van der Waals surface area contributed by atoms with E-state index < -0.39 is 0 Å². The highest BCUT2D eigenvalue weighted by Crippen LogP contribution is 2.24. The van der Waals surface area contributed by atoms with Gasteiger partial charge in [0, 0.05) is 32.2 Å². The third-order valence-electron chi connectivity index (χ3n) is 5.64. The second kappa shape index (κ2) is 7.23. The van der Waals surface area contributed by atoms with Gasteiger partial charge in [0.15, 0.2) is 0 Å². The van der Waals surface area contributed by atoms with E-state index in [1.54, 1.807) is 0 Å². The molecular formula is C21H30N4O. The Morgan fingerprint density at radius 3 is 2.31 bits per heavy atom. The number of aromatic nitrogens is 2. The fourth-order valence-electron chi connectivity index (χ4n) is 3.75. The molecule has 2 aromatic rings. The highest BCUT2D eigenvalue weighted by atomic mass is 16.2. The van der Waals surface area contributed by atoms with Crippen LogP contribution in [0.2, 0.25) is 0 Å². The fourth-order valence-corrected chi connectivity index (χ4v) is 3.75. The van der Waals surface area contributed by atoms with Crippen molar-refractivity contribution in [2.45, 2.75) is 47.6 Å². The maximum Gasteiger partial charge on any atom is 0.257 e. The number of rotatable bonds is 3. The number of carbonyl (C=O) groups is 1. The summed E-state index contributed by atoms with van der Waals surface area (Å²) < 4.78 is 1.93. The SMILES string of the molecule is Cc1cccc(-n2nc(C)c(C(=O)N3CCN(C(C)C)CC3)c2C)c1C. The van der Waals surface area contributed by atoms with Crippen LogP contribution < -0.4 is 0 Å². The summed E-state index contributed by atoms with van der Waals surface area (Å²) in [6, 6.07) is 6.74. The van der Waals surface area contributed by atoms with Crippen LogP contribution in [-0.4, -0.2) is 57.7 Å². The summed E-state index contributed by atoms with van der Waals surface area (Å²) in [5.74, 6) is 0.111. The van der Waals surface area contributed by atoms with Gasteiger partial charge in [-0.05, 0) is 58.7 Å². The predicted octanol–water partition coefficient (Wildman–Crippen LogP) is 3.27. The van der Waals surface area contributed by atoms with Gasteiger partial charge in [-0.2, -0.15) is 5.10 Å². The number of carbonyl (C=O) groups excluding carboxylic acids is 1. The van der Waals surface area contributed by atoms with Crippen LogP contribution >= 0.6 is 0 Å². The van der Waals surface area contributed by atoms with Crippen LogP contribution in [0, 0.1) is 27.7 Å². The zero-order valence-electron chi connectivity index (χ0n) is 16.8. The van der Waals surface area contributed by atoms with Crippen molar-refractivity contribution in [2.24, 2.45) is 0 Å². The first kappa shape index (κ1) is 18.6. The lowest BCUT2D eigenvalue weighted by Crippen LogP contribution is -2.50. The Balaban J connectivity index is 1.89. The monoisotopic (exact) mass is 354 g/mol. The molecule has 5 nitrogen and oxygen atoms in total. The van der Waals surface area contributed by atoms with Crippen molar-refractivity contribution in [1.82, 2.24) is 19.6 Å². The number of amides is 1. The van der Waals surface area contributed by atoms with Crippen LogP contribution in [0.15, 0.2) is 18.2 Å². The van der Waals surface area contributed by atoms with Crippen molar-refractivity contribution in [3.8, 4) is 5.69 Å². The zero-order chi connectivity index (χ0) is 19.0. The van der Waals surface area contributed by atoms with E-state index in [9.17, 15) is 4.79 Å². The van der Waals surface area contributed by atoms with E-state index in [4.69, 9.17) is 5.10 Å². The molecule has 1 aliphatic rings. The largest absolute Gasteiger partial charge is 0.336 e. The number of hydrogen-bond acceptors (Lipinski definition) is 3. The van der Waals surface area contributed by atoms with Gasteiger partial charge in [-0.25, -0.2) is 4.68 Å². The Kier molecular flexibility index (Phi) is 5.19. The molecule has 0 bridgehead atoms. The molecule has 0 aliphatic carbocycles. The summed E-state index contributed by atoms with van der Waals surface area (Å²) in [5, 5.41) is 4.70. The summed E-state index contributed by atoms with van der Waals surface area (Å²) in [6.07, 6.45) is 0. The first-order chi connectivity index (χ1) is 12.3. The quantitative estimate of drug-likeness (QED) is 0.849. The minimum absolute atomic E-state index is 0.111. The standard InChI is InChI=1S/C21H30N4O/c1-14(2)23-10-12-24(13-11-23)21(26)20-17(5)22-25(18(20)6)19-9-7-8-15(3)16(19)4/h7-9,14H,10-13H2,1-6H3. The van der Waals surface area contributed by atoms with E-state index in [2.05, 4.69) is 44.7 Å². The lowest BCUT2D eigenvalue weighted by atomic mass is 10.1. The first-order valence-corrected chi connectivity index (χ1v) is 9.47. The summed E-state index contributed by atoms with van der Waals surface area (Å²) in [4.78, 5) is 17.6. The Labute approximate surface area is 156 Å². The molecule has 0 N–H and O–H groups in total. The number of nitrogens with zero attached hydrogens (tertiary/aromatic N) is 4. The molecule has 5 heteroatoms. The van der Waals surface area contributed by atoms with Crippen LogP contribution in [0.3, 0.4) is 0 Å². The third kappa shape index (κ3) is 3.28. The van der Waals surface area contributed by atoms with E-state index in [0.29, 0.717) is 6.04 Å². The Morgan fingerprint density at radius 2 is 1.69 bits per heavy atom. The maximum absolute atomic E-state index is 13.2. The normalized spacial score (nSPS) is 15.7. The number of aryl methyl sites for hydroxylation is 2. The predicted molar refractivity (Wildman–Crippen MR) is 105 cm³/mol. The molecule has 140 valence electrons. The Morgan fingerprint density at radius 1 is 1.04 bits per heavy atom. The van der Waals surface area contributed by atoms with Gasteiger partial charge in [-0.1, -0.05) is 12.1 Å². The van der Waals surface area contributed by atoms with Gasteiger partial charge in [0.2, 0.25) is 0 Å². The van der Waals surface area contributed by atoms with Crippen LogP contribution in [-0.2, 0) is 0 Å². The van der Waals surface area contributed by atoms with Crippen molar-refractivity contribution in [3.63, 3.8) is 0 Å². The minimum atomic E-state index is 0.111. The van der Waals surface area contributed by atoms with Gasteiger partial charge < -0.3 is 4.90 Å². The highest BCUT2D eigenvalue weighted by Gasteiger charge is 2.28. The molecule has 3 rings (SSSR count). The molecule has 1 amide bonds. The first-order valence-electron chi connectivity index (χ1n) is 9.47. The molecule has 26 heavy (non-hydrogen) atoms. The van der Waals surface area contributed by atoms with E-state index in [0.717, 1.165) is 48.8 Å². The van der Waals surface area contributed by atoms with Crippen LogP contribution in [0.25, 0.3) is 5.69 Å². The maximum atomic E-state index is 13.2. The molecule has 0 atom stereocenters. The van der Waals surface area contributed by atoms with Crippen molar-refractivity contribution in [1.29, 1.82) is 0 Å². The van der Waals surface area contributed by atoms with E-state index in [-0.39, 0.29) is 5.91 Å². The summed E-state index contributed by atoms with van der Waals surface area (Å²) >= 11 is 0. The highest BCUT2D eigenvalue weighted by molar-refractivity contribution is 5.96. The molecule has 0 saturated carbocycles. The van der Waals surface area contributed by atoms with Gasteiger partial charge in [0.25, 0.3) is 5.91 Å². The molecule has 0 unspecified atom stereocenters. The summed E-state index contributed by atoms with van der Waals surface area (Å²) in [7, 11) is 0. The topological polar surface area (TPSA) is 41.4 Å². The van der Waals surface area contributed by atoms with Crippen molar-refractivity contribution in [3.05, 3.63) is 46.3 Å². The second-order valence-corrected chi connectivity index (χ2v) is 7.60. The van der Waals surface area contributed by atoms with Gasteiger partial charge in [-0.3, -0.25) is 9.69 Å². The molecule has 1 aliphatic heterocycles. The average Bonchev–Trinajstić information content (AvgIpc) is 2.91. The van der Waals surface area contributed by atoms with Crippen molar-refractivity contribution in [2.75, 3.05) is 26.2 Å². The Hall–Kier alpha value is -2.14. The van der Waals surface area contributed by atoms with Crippen LogP contribution in [0.4, 0.5) is 0 Å². The molecule has 1 saturated heterocycles. The fraction of sp³-hybridized carbons (Fsp3) is 0.524. The number of benzene rings is 1. The van der Waals surface area contributed by atoms with E-state index in [1.165, 1.54) is 11.1 Å². The smallest absolute Gasteiger partial charge is 0.257 e. The van der Waals surface area contributed by atoms with Gasteiger partial charge >= 0.3 is 0 Å². The average molecular weight is 354 g/mol. The molecule has 0 radical (unpaired) electrons. The lowest BCUT2D eigenvalue weighted by Gasteiger charge is -2.37. The number of piperazine rings is 1. The van der Waals surface area contributed by atoms with Gasteiger partial charge in [0.1, 0.15) is 0 Å². The molecule has 1 aromatic carbocycles. The Bertz CT molecular complexity index is 814. The molecule has 2 heterocycles. The third-order valence-corrected chi connectivity index (χ3v) is 5.64. The number of hydrogen-bond donors (Lipinski definition) is 0. The van der Waals surface area contributed by atoms with Crippen LogP contribution in [0.1, 0.15) is 46.7 Å². The van der Waals surface area contributed by atoms with Crippen molar-refractivity contribution < 1.29 is 4.79 Å². The lowest BCUT2D eigenvalue weighted by molar-refractivity contribution is 0.0594. The van der Waals surface area contributed by atoms with Gasteiger partial charge in [0.05, 0.1) is 22.6 Å². The molecule has 0 spiro atoms. The second-order valence-electron chi connectivity index (χ2n) is 7.60. The van der Waals surface area contributed by atoms with Crippen molar-refractivity contribution >= 4 is 5.91 Å². The zero-order valence-corrected chi connectivity index (χ0v) is 16.8. The van der Waals surface area contributed by atoms with E-state index in [1.807, 2.05) is 29.5 Å². The van der Waals surface area contributed by atoms with Gasteiger partial charge in [-0.15, -0.1) is 0 Å². The van der Waals surface area contributed by atoms with Crippen LogP contribution in [0.5, 0.6) is 0 Å².